The first-order valence-electron chi connectivity index (χ1n) is 13.0. The fraction of sp³-hybridized carbons (Fsp3) is 0.276. The number of rotatable bonds is 12. The Morgan fingerprint density at radius 3 is 2.42 bits per heavy atom. The van der Waals surface area contributed by atoms with Crippen molar-refractivity contribution in [3.63, 3.8) is 0 Å². The van der Waals surface area contributed by atoms with Crippen LogP contribution >= 0.6 is 12.6 Å². The van der Waals surface area contributed by atoms with Gasteiger partial charge < -0.3 is 27.0 Å². The minimum atomic E-state index is -0.978. The molecule has 1 aromatic heterocycles. The molecule has 2 heterocycles. The lowest BCUT2D eigenvalue weighted by atomic mass is 10.0. The van der Waals surface area contributed by atoms with Crippen LogP contribution in [0, 0.1) is 0 Å². The van der Waals surface area contributed by atoms with Crippen molar-refractivity contribution in [1.82, 2.24) is 15.6 Å². The van der Waals surface area contributed by atoms with Crippen LogP contribution < -0.4 is 27.0 Å². The summed E-state index contributed by atoms with van der Waals surface area (Å²) in [6.45, 7) is 0. The zero-order valence-electron chi connectivity index (χ0n) is 21.8. The maximum absolute atomic E-state index is 13.1. The number of hydrogen-bond acceptors (Lipinski definition) is 7. The molecule has 3 aromatic rings. The van der Waals surface area contributed by atoms with Gasteiger partial charge in [-0.05, 0) is 47.4 Å². The normalized spacial score (nSPS) is 15.2. The lowest BCUT2D eigenvalue weighted by Crippen LogP contribution is -2.56. The van der Waals surface area contributed by atoms with Gasteiger partial charge >= 0.3 is 0 Å². The maximum atomic E-state index is 13.1. The van der Waals surface area contributed by atoms with E-state index in [-0.39, 0.29) is 24.0 Å². The van der Waals surface area contributed by atoms with Gasteiger partial charge in [-0.1, -0.05) is 36.4 Å². The summed E-state index contributed by atoms with van der Waals surface area (Å²) >= 11 is 4.09. The minimum absolute atomic E-state index is 0.0242. The Hall–Kier alpha value is -4.38. The number of aryl methyl sites for hydroxylation is 1. The van der Waals surface area contributed by atoms with Crippen LogP contribution in [0.5, 0.6) is 0 Å². The van der Waals surface area contributed by atoms with Crippen LogP contribution in [0.4, 0.5) is 11.4 Å². The van der Waals surface area contributed by atoms with Crippen LogP contribution in [0.25, 0.3) is 0 Å². The summed E-state index contributed by atoms with van der Waals surface area (Å²) in [4.78, 5) is 54.4. The van der Waals surface area contributed by atoms with E-state index >= 15 is 0 Å². The Kier molecular flexibility index (Phi) is 9.74. The van der Waals surface area contributed by atoms with Crippen LogP contribution in [0.15, 0.2) is 73.1 Å². The van der Waals surface area contributed by atoms with E-state index in [1.165, 1.54) is 0 Å². The minimum Gasteiger partial charge on any atom is -0.373 e. The molecule has 0 bridgehead atoms. The fourth-order valence-electron chi connectivity index (χ4n) is 4.40. The molecule has 11 heteroatoms. The van der Waals surface area contributed by atoms with Gasteiger partial charge in [0.2, 0.25) is 23.6 Å². The summed E-state index contributed by atoms with van der Waals surface area (Å²) < 4.78 is 0. The molecule has 6 N–H and O–H groups in total. The Morgan fingerprint density at radius 1 is 0.975 bits per heavy atom. The fourth-order valence-corrected chi connectivity index (χ4v) is 4.68. The van der Waals surface area contributed by atoms with Crippen molar-refractivity contribution in [2.24, 2.45) is 5.73 Å². The molecule has 0 spiro atoms. The van der Waals surface area contributed by atoms with Crippen molar-refractivity contribution < 1.29 is 19.2 Å². The Morgan fingerprint density at radius 2 is 1.75 bits per heavy atom. The van der Waals surface area contributed by atoms with E-state index in [0.29, 0.717) is 24.9 Å². The van der Waals surface area contributed by atoms with E-state index in [9.17, 15) is 19.2 Å². The third kappa shape index (κ3) is 7.82. The molecule has 0 fully saturated rings. The second-order valence-electron chi connectivity index (χ2n) is 9.58. The van der Waals surface area contributed by atoms with E-state index in [2.05, 4.69) is 38.9 Å². The number of aromatic nitrogens is 1. The molecule has 2 aromatic carbocycles. The van der Waals surface area contributed by atoms with Gasteiger partial charge in [-0.2, -0.15) is 12.6 Å². The second-order valence-corrected chi connectivity index (χ2v) is 9.94. The molecule has 1 aliphatic rings. The monoisotopic (exact) mass is 560 g/mol. The summed E-state index contributed by atoms with van der Waals surface area (Å²) in [5, 5.41) is 11.5. The zero-order chi connectivity index (χ0) is 28.5. The number of hydrogen-bond donors (Lipinski definition) is 6. The molecule has 4 rings (SSSR count). The maximum Gasteiger partial charge on any atom is 0.243 e. The number of carbonyl (C=O) groups excluding carboxylic acids is 4. The first-order valence-corrected chi connectivity index (χ1v) is 13.6. The Balaban J connectivity index is 1.39. The van der Waals surface area contributed by atoms with E-state index in [1.54, 1.807) is 36.7 Å². The number of nitrogens with two attached hydrogens (primary N) is 1. The third-order valence-corrected chi connectivity index (χ3v) is 6.97. The van der Waals surface area contributed by atoms with Gasteiger partial charge in [-0.25, -0.2) is 0 Å². The number of carbonyl (C=O) groups is 4. The van der Waals surface area contributed by atoms with E-state index in [0.717, 1.165) is 22.4 Å². The first kappa shape index (κ1) is 28.6. The lowest BCUT2D eigenvalue weighted by molar-refractivity contribution is -0.131. The molecule has 40 heavy (non-hydrogen) atoms. The van der Waals surface area contributed by atoms with Gasteiger partial charge in [0.25, 0.3) is 0 Å². The predicted molar refractivity (Wildman–Crippen MR) is 156 cm³/mol. The summed E-state index contributed by atoms with van der Waals surface area (Å²) in [5.74, 6) is -1.71. The van der Waals surface area contributed by atoms with Crippen molar-refractivity contribution in [3.05, 3.63) is 89.7 Å². The smallest absolute Gasteiger partial charge is 0.243 e. The number of nitrogens with one attached hydrogen (secondary N) is 4. The van der Waals surface area contributed by atoms with Crippen LogP contribution in [0.1, 0.15) is 23.1 Å². The van der Waals surface area contributed by atoms with E-state index in [1.807, 2.05) is 36.4 Å². The predicted octanol–water partition coefficient (Wildman–Crippen LogP) is 1.62. The highest BCUT2D eigenvalue weighted by Crippen LogP contribution is 2.25. The van der Waals surface area contributed by atoms with Crippen molar-refractivity contribution in [2.75, 3.05) is 16.4 Å². The average Bonchev–Trinajstić information content (AvgIpc) is 3.40. The van der Waals surface area contributed by atoms with Crippen molar-refractivity contribution in [3.8, 4) is 0 Å². The van der Waals surface area contributed by atoms with Gasteiger partial charge in [0.15, 0.2) is 0 Å². The molecular weight excluding hydrogens is 528 g/mol. The molecule has 0 saturated heterocycles. The highest BCUT2D eigenvalue weighted by Gasteiger charge is 2.31. The molecule has 208 valence electrons. The summed E-state index contributed by atoms with van der Waals surface area (Å²) in [6.07, 6.45) is 4.96. The average molecular weight is 561 g/mol. The molecular formula is C29H32N6O4S. The number of fused-ring (bicyclic) bond motifs is 1. The quantitative estimate of drug-likeness (QED) is 0.185. The van der Waals surface area contributed by atoms with Gasteiger partial charge in [0.05, 0.1) is 0 Å². The summed E-state index contributed by atoms with van der Waals surface area (Å²) in [6, 6.07) is 15.9. The van der Waals surface area contributed by atoms with Crippen molar-refractivity contribution in [2.45, 2.75) is 43.8 Å². The number of pyridine rings is 1. The van der Waals surface area contributed by atoms with E-state index < -0.39 is 29.9 Å². The van der Waals surface area contributed by atoms with Gasteiger partial charge in [0, 0.05) is 48.8 Å². The number of nitrogens with zero attached hydrogens (tertiary/aromatic N) is 1. The van der Waals surface area contributed by atoms with Crippen LogP contribution in [0.3, 0.4) is 0 Å². The number of benzene rings is 2. The Labute approximate surface area is 237 Å². The first-order chi connectivity index (χ1) is 19.3. The van der Waals surface area contributed by atoms with Gasteiger partial charge in [0.1, 0.15) is 18.1 Å². The SMILES string of the molecule is NC(=O)[C@@H](CS)NC(=O)[C@H](Cc1ccc(NC(=O)CCc2cccnc2)cc1)NC(=O)C1Cc2ccccc2N1. The summed E-state index contributed by atoms with van der Waals surface area (Å²) in [7, 11) is 0. The third-order valence-electron chi connectivity index (χ3n) is 6.60. The lowest BCUT2D eigenvalue weighted by Gasteiger charge is -2.23. The van der Waals surface area contributed by atoms with Gasteiger partial charge in [-0.15, -0.1) is 0 Å². The highest BCUT2D eigenvalue weighted by molar-refractivity contribution is 7.80. The van der Waals surface area contributed by atoms with Crippen LogP contribution in [0.2, 0.25) is 0 Å². The van der Waals surface area contributed by atoms with Crippen LogP contribution in [-0.4, -0.2) is 52.5 Å². The molecule has 4 amide bonds. The number of primary amides is 1. The molecule has 1 unspecified atom stereocenters. The van der Waals surface area contributed by atoms with Crippen LogP contribution in [-0.2, 0) is 38.4 Å². The standard InChI is InChI=1S/C29H32N6O4S/c30-27(37)25(17-40)35-28(38)23(34-29(39)24-15-20-5-1-2-6-22(20)33-24)14-18-7-10-21(11-8-18)32-26(36)12-9-19-4-3-13-31-16-19/h1-8,10-11,13,16,23-25,33,40H,9,12,14-15,17H2,(H2,30,37)(H,32,36)(H,34,39)(H,35,38)/t23-,24?,25+/m0/s1. The Bertz CT molecular complexity index is 1330. The largest absolute Gasteiger partial charge is 0.373 e. The molecule has 0 radical (unpaired) electrons. The highest BCUT2D eigenvalue weighted by atomic mass is 32.1. The second kappa shape index (κ2) is 13.6. The van der Waals surface area contributed by atoms with Crippen molar-refractivity contribution >= 4 is 47.6 Å². The molecule has 3 atom stereocenters. The topological polar surface area (TPSA) is 155 Å². The zero-order valence-corrected chi connectivity index (χ0v) is 22.7. The molecule has 10 nitrogen and oxygen atoms in total. The van der Waals surface area contributed by atoms with Crippen molar-refractivity contribution in [1.29, 1.82) is 0 Å². The summed E-state index contributed by atoms with van der Waals surface area (Å²) in [5.41, 5.74) is 9.61. The number of para-hydroxylation sites is 1. The molecule has 0 aliphatic carbocycles. The van der Waals surface area contributed by atoms with Gasteiger partial charge in [-0.3, -0.25) is 24.2 Å². The number of anilines is 2. The number of amides is 4. The van der Waals surface area contributed by atoms with E-state index in [4.69, 9.17) is 5.73 Å². The molecule has 1 aliphatic heterocycles. The number of thiol groups is 1. The molecule has 0 saturated carbocycles.